The Labute approximate surface area is 106 Å². The van der Waals surface area contributed by atoms with E-state index >= 15 is 0 Å². The molecule has 0 aliphatic carbocycles. The van der Waals surface area contributed by atoms with Gasteiger partial charge in [-0.2, -0.15) is 0 Å². The number of hydrogen-bond donors (Lipinski definition) is 0. The molecule has 0 amide bonds. The molecule has 3 nitrogen and oxygen atoms in total. The van der Waals surface area contributed by atoms with Gasteiger partial charge in [-0.05, 0) is 0 Å². The molecule has 1 aromatic carbocycles. The van der Waals surface area contributed by atoms with E-state index in [0.717, 1.165) is 0 Å². The van der Waals surface area contributed by atoms with Gasteiger partial charge in [0.05, 0.1) is 0 Å². The van der Waals surface area contributed by atoms with Crippen LogP contribution in [0.1, 0.15) is 0 Å². The van der Waals surface area contributed by atoms with Gasteiger partial charge >= 0.3 is 48.9 Å². The van der Waals surface area contributed by atoms with Crippen molar-refractivity contribution in [1.82, 2.24) is 0 Å². The van der Waals surface area contributed by atoms with E-state index in [-0.39, 0.29) is 48.9 Å². The average molecular weight is 295 g/mol. The Morgan fingerprint density at radius 1 is 0.818 bits per heavy atom. The molecular formula is C6H7BaO3P. The second-order valence-electron chi connectivity index (χ2n) is 1.40. The average Bonchev–Trinajstić information content (AvgIpc) is 1.90. The fourth-order valence-corrected chi connectivity index (χ4v) is 0.385. The van der Waals surface area contributed by atoms with Crippen molar-refractivity contribution in [2.45, 2.75) is 0 Å². The fourth-order valence-electron chi connectivity index (χ4n) is 0.385. The van der Waals surface area contributed by atoms with Crippen molar-refractivity contribution in [3.63, 3.8) is 0 Å². The van der Waals surface area contributed by atoms with Crippen LogP contribution in [-0.2, 0) is 4.57 Å². The largest absolute Gasteiger partial charge is 2.00 e. The third-order valence-corrected chi connectivity index (χ3v) is 0.667. The summed E-state index contributed by atoms with van der Waals surface area (Å²) in [6, 6.07) is 12.0. The van der Waals surface area contributed by atoms with Crippen molar-refractivity contribution in [3.05, 3.63) is 36.4 Å². The number of rotatable bonds is 0. The summed E-state index contributed by atoms with van der Waals surface area (Å²) in [5, 5.41) is 0. The van der Waals surface area contributed by atoms with Gasteiger partial charge in [0.2, 0.25) is 0 Å². The normalized spacial score (nSPS) is 7.55. The summed E-state index contributed by atoms with van der Waals surface area (Å²) in [5.41, 5.74) is 0. The minimum atomic E-state index is -3.63. The van der Waals surface area contributed by atoms with E-state index in [0.29, 0.717) is 0 Å². The van der Waals surface area contributed by atoms with Crippen LogP contribution < -0.4 is 9.79 Å². The molecule has 1 rings (SSSR count). The topological polar surface area (TPSA) is 63.2 Å². The van der Waals surface area contributed by atoms with E-state index in [9.17, 15) is 0 Å². The van der Waals surface area contributed by atoms with E-state index in [1.54, 1.807) is 0 Å². The molecule has 0 saturated carbocycles. The molecule has 5 heteroatoms. The Kier molecular flexibility index (Phi) is 14.4. The molecule has 0 aromatic heterocycles. The smallest absolute Gasteiger partial charge is 0.813 e. The first-order chi connectivity index (χ1) is 4.73. The van der Waals surface area contributed by atoms with E-state index in [1.165, 1.54) is 0 Å². The molecule has 0 saturated heterocycles. The van der Waals surface area contributed by atoms with Crippen LogP contribution in [-0.4, -0.2) is 48.9 Å². The van der Waals surface area contributed by atoms with Crippen LogP contribution in [0.4, 0.5) is 0 Å². The SMILES string of the molecule is O=[PH]([O-])[O-].[Ba+2].c1ccccc1. The maximum atomic E-state index is 8.52. The molecule has 0 fully saturated rings. The van der Waals surface area contributed by atoms with Crippen molar-refractivity contribution in [1.29, 1.82) is 0 Å². The zero-order valence-electron chi connectivity index (χ0n) is 5.90. The molecule has 0 aliphatic heterocycles. The first kappa shape index (κ1) is 14.5. The van der Waals surface area contributed by atoms with Crippen LogP contribution in [0.25, 0.3) is 0 Å². The standard InChI is InChI=1S/C6H6.Ba.H3O3P/c1-2-4-6-5-3-1;;1-4(2)3/h1-6H;;4H,(H2,1,2,3)/q;+2;/p-2. The molecule has 56 valence electrons. The number of benzene rings is 1. The third kappa shape index (κ3) is 18.2. The predicted molar refractivity (Wildman–Crippen MR) is 41.2 cm³/mol. The Hall–Kier alpha value is 0.941. The summed E-state index contributed by atoms with van der Waals surface area (Å²) in [6.07, 6.45) is 0. The fraction of sp³-hybridized carbons (Fsp3) is 0. The summed E-state index contributed by atoms with van der Waals surface area (Å²) in [5.74, 6) is 0. The molecule has 1 aromatic rings. The van der Waals surface area contributed by atoms with E-state index in [1.807, 2.05) is 36.4 Å². The van der Waals surface area contributed by atoms with Crippen LogP contribution in [0.15, 0.2) is 36.4 Å². The Morgan fingerprint density at radius 2 is 0.909 bits per heavy atom. The molecule has 0 spiro atoms. The van der Waals surface area contributed by atoms with Gasteiger partial charge < -0.3 is 14.4 Å². The van der Waals surface area contributed by atoms with Crippen LogP contribution in [0.5, 0.6) is 0 Å². The zero-order chi connectivity index (χ0) is 7.82. The second-order valence-corrected chi connectivity index (χ2v) is 1.90. The second kappa shape index (κ2) is 10.9. The van der Waals surface area contributed by atoms with E-state index in [4.69, 9.17) is 14.4 Å². The van der Waals surface area contributed by atoms with Gasteiger partial charge in [0.15, 0.2) is 0 Å². The summed E-state index contributed by atoms with van der Waals surface area (Å²) in [7, 11) is -3.63. The zero-order valence-corrected chi connectivity index (χ0v) is 11.3. The van der Waals surface area contributed by atoms with Gasteiger partial charge in [-0.25, -0.2) is 0 Å². The van der Waals surface area contributed by atoms with Crippen molar-refractivity contribution >= 4 is 57.1 Å². The van der Waals surface area contributed by atoms with Crippen LogP contribution in [0.3, 0.4) is 0 Å². The summed E-state index contributed by atoms with van der Waals surface area (Å²) in [6.45, 7) is 0. The number of hydrogen-bond acceptors (Lipinski definition) is 3. The maximum Gasteiger partial charge on any atom is 2.00 e. The first-order valence-corrected chi connectivity index (χ1v) is 3.84. The molecule has 11 heavy (non-hydrogen) atoms. The molecular weight excluding hydrogens is 288 g/mol. The summed E-state index contributed by atoms with van der Waals surface area (Å²) >= 11 is 0. The van der Waals surface area contributed by atoms with E-state index in [2.05, 4.69) is 0 Å². The first-order valence-electron chi connectivity index (χ1n) is 2.61. The van der Waals surface area contributed by atoms with Crippen molar-refractivity contribution in [3.8, 4) is 0 Å². The Morgan fingerprint density at radius 3 is 1.00 bits per heavy atom. The molecule has 0 unspecified atom stereocenters. The summed E-state index contributed by atoms with van der Waals surface area (Å²) in [4.78, 5) is 17.0. The van der Waals surface area contributed by atoms with Gasteiger partial charge in [-0.15, -0.1) is 0 Å². The molecule has 0 aliphatic rings. The maximum absolute atomic E-state index is 8.52. The molecule has 0 bridgehead atoms. The van der Waals surface area contributed by atoms with Crippen molar-refractivity contribution in [2.24, 2.45) is 0 Å². The van der Waals surface area contributed by atoms with Crippen molar-refractivity contribution < 1.29 is 14.4 Å². The molecule has 0 atom stereocenters. The van der Waals surface area contributed by atoms with Crippen LogP contribution in [0.2, 0.25) is 0 Å². The minimum absolute atomic E-state index is 0. The molecule has 0 radical (unpaired) electrons. The van der Waals surface area contributed by atoms with Crippen LogP contribution in [0, 0.1) is 0 Å². The molecule has 0 N–H and O–H groups in total. The van der Waals surface area contributed by atoms with Gasteiger partial charge in [0.25, 0.3) is 0 Å². The predicted octanol–water partition coefficient (Wildman–Crippen LogP) is -0.598. The molecule has 0 heterocycles. The van der Waals surface area contributed by atoms with Crippen molar-refractivity contribution in [2.75, 3.05) is 0 Å². The van der Waals surface area contributed by atoms with Gasteiger partial charge in [-0.1, -0.05) is 44.7 Å². The van der Waals surface area contributed by atoms with E-state index < -0.39 is 8.25 Å². The summed E-state index contributed by atoms with van der Waals surface area (Å²) < 4.78 is 8.52. The minimum Gasteiger partial charge on any atom is -0.813 e. The Balaban J connectivity index is 0. The van der Waals surface area contributed by atoms with Gasteiger partial charge in [0, 0.05) is 0 Å². The quantitative estimate of drug-likeness (QED) is 0.474. The Bertz CT molecular complexity index is 150. The van der Waals surface area contributed by atoms with Gasteiger partial charge in [-0.3, -0.25) is 0 Å². The third-order valence-electron chi connectivity index (χ3n) is 0.667. The van der Waals surface area contributed by atoms with Crippen LogP contribution >= 0.6 is 8.25 Å². The monoisotopic (exact) mass is 296 g/mol. The van der Waals surface area contributed by atoms with Gasteiger partial charge in [0.1, 0.15) is 0 Å².